The predicted octanol–water partition coefficient (Wildman–Crippen LogP) is 3.34. The zero-order valence-corrected chi connectivity index (χ0v) is 19.7. The van der Waals surface area contributed by atoms with Crippen molar-refractivity contribution in [3.8, 4) is 0 Å². The van der Waals surface area contributed by atoms with E-state index in [2.05, 4.69) is 24.9 Å². The van der Waals surface area contributed by atoms with Crippen LogP contribution in [-0.4, -0.2) is 58.3 Å². The Hall–Kier alpha value is -1.85. The molecular formula is C19H23ClIN7S. The topological polar surface area (TPSA) is 75.6 Å². The summed E-state index contributed by atoms with van der Waals surface area (Å²) in [5.41, 5.74) is 7.41. The van der Waals surface area contributed by atoms with Gasteiger partial charge in [-0.05, 0) is 23.8 Å². The van der Waals surface area contributed by atoms with Gasteiger partial charge >= 0.3 is 0 Å². The van der Waals surface area contributed by atoms with E-state index in [9.17, 15) is 0 Å². The van der Waals surface area contributed by atoms with Crippen molar-refractivity contribution in [2.75, 3.05) is 37.6 Å². The summed E-state index contributed by atoms with van der Waals surface area (Å²) in [7, 11) is 0. The number of halogens is 2. The Balaban J connectivity index is 0.00000240. The van der Waals surface area contributed by atoms with Gasteiger partial charge in [-0.1, -0.05) is 23.7 Å². The average Bonchev–Trinajstić information content (AvgIpc) is 3.44. The highest BCUT2D eigenvalue weighted by atomic mass is 127. The molecule has 1 fully saturated rings. The first-order valence-electron chi connectivity index (χ1n) is 9.14. The molecule has 7 nitrogen and oxygen atoms in total. The van der Waals surface area contributed by atoms with Crippen molar-refractivity contribution in [1.82, 2.24) is 19.7 Å². The summed E-state index contributed by atoms with van der Waals surface area (Å²) in [5.74, 6) is 0.574. The molecular weight excluding hydrogens is 521 g/mol. The fourth-order valence-electron chi connectivity index (χ4n) is 3.27. The summed E-state index contributed by atoms with van der Waals surface area (Å²) < 4.78 is 1.90. The van der Waals surface area contributed by atoms with Crippen LogP contribution in [0.2, 0.25) is 5.02 Å². The highest BCUT2D eigenvalue weighted by Crippen LogP contribution is 2.21. The van der Waals surface area contributed by atoms with E-state index in [0.29, 0.717) is 17.5 Å². The van der Waals surface area contributed by atoms with Crippen LogP contribution in [0.3, 0.4) is 0 Å². The summed E-state index contributed by atoms with van der Waals surface area (Å²) in [6.45, 7) is 3.97. The third-order valence-electron chi connectivity index (χ3n) is 4.82. The zero-order chi connectivity index (χ0) is 19.3. The van der Waals surface area contributed by atoms with Crippen LogP contribution in [-0.2, 0) is 0 Å². The largest absolute Gasteiger partial charge is 0.370 e. The molecule has 3 heterocycles. The summed E-state index contributed by atoms with van der Waals surface area (Å²) in [4.78, 5) is 13.5. The van der Waals surface area contributed by atoms with E-state index >= 15 is 0 Å². The molecule has 0 radical (unpaired) electrons. The zero-order valence-electron chi connectivity index (χ0n) is 15.8. The number of hydrogen-bond acceptors (Lipinski definition) is 5. The van der Waals surface area contributed by atoms with Gasteiger partial charge in [0.1, 0.15) is 0 Å². The Morgan fingerprint density at radius 3 is 2.55 bits per heavy atom. The maximum atomic E-state index is 6.31. The smallest absolute Gasteiger partial charge is 0.191 e. The van der Waals surface area contributed by atoms with Crippen LogP contribution in [0.1, 0.15) is 11.6 Å². The Kier molecular flexibility index (Phi) is 7.73. The molecule has 1 saturated heterocycles. The first-order chi connectivity index (χ1) is 13.7. The van der Waals surface area contributed by atoms with Gasteiger partial charge in [0, 0.05) is 55.2 Å². The van der Waals surface area contributed by atoms with Crippen molar-refractivity contribution >= 4 is 58.0 Å². The van der Waals surface area contributed by atoms with Crippen molar-refractivity contribution in [1.29, 1.82) is 0 Å². The summed E-state index contributed by atoms with van der Waals surface area (Å²) >= 11 is 7.70. The molecule has 0 bridgehead atoms. The lowest BCUT2D eigenvalue weighted by Crippen LogP contribution is -2.51. The molecule has 0 amide bonds. The molecule has 1 aromatic carbocycles. The number of hydrogen-bond donors (Lipinski definition) is 1. The van der Waals surface area contributed by atoms with E-state index in [4.69, 9.17) is 17.3 Å². The number of rotatable bonds is 5. The van der Waals surface area contributed by atoms with Crippen molar-refractivity contribution in [2.45, 2.75) is 6.04 Å². The molecule has 2 aromatic heterocycles. The van der Waals surface area contributed by atoms with Crippen LogP contribution in [0.25, 0.3) is 0 Å². The minimum atomic E-state index is -0.0255. The monoisotopic (exact) mass is 543 g/mol. The number of aromatic nitrogens is 3. The van der Waals surface area contributed by atoms with E-state index in [1.807, 2.05) is 52.8 Å². The number of nitrogens with two attached hydrogens (primary N) is 1. The molecule has 0 aliphatic carbocycles. The Morgan fingerprint density at radius 2 is 1.93 bits per heavy atom. The molecule has 29 heavy (non-hydrogen) atoms. The van der Waals surface area contributed by atoms with Gasteiger partial charge in [0.15, 0.2) is 11.1 Å². The Bertz CT molecular complexity index is 891. The lowest BCUT2D eigenvalue weighted by atomic mass is 10.1. The van der Waals surface area contributed by atoms with Gasteiger partial charge in [-0.3, -0.25) is 9.67 Å². The van der Waals surface area contributed by atoms with Crippen LogP contribution < -0.4 is 10.6 Å². The van der Waals surface area contributed by atoms with E-state index in [1.165, 1.54) is 0 Å². The predicted molar refractivity (Wildman–Crippen MR) is 130 cm³/mol. The third kappa shape index (κ3) is 5.40. The van der Waals surface area contributed by atoms with Gasteiger partial charge in [-0.25, -0.2) is 4.98 Å². The summed E-state index contributed by atoms with van der Waals surface area (Å²) in [6, 6.07) is 9.67. The number of guanidine groups is 1. The molecule has 3 aromatic rings. The molecule has 1 unspecified atom stereocenters. The molecule has 4 rings (SSSR count). The van der Waals surface area contributed by atoms with E-state index in [-0.39, 0.29) is 30.0 Å². The number of anilines is 1. The first-order valence-corrected chi connectivity index (χ1v) is 10.4. The molecule has 0 spiro atoms. The number of piperazine rings is 1. The number of thiazole rings is 1. The normalized spacial score (nSPS) is 15.8. The summed E-state index contributed by atoms with van der Waals surface area (Å²) in [5, 5.41) is 8.17. The lowest BCUT2D eigenvalue weighted by molar-refractivity contribution is 0.379. The quantitative estimate of drug-likeness (QED) is 0.304. The highest BCUT2D eigenvalue weighted by molar-refractivity contribution is 14.0. The first kappa shape index (κ1) is 21.8. The van der Waals surface area contributed by atoms with Crippen molar-refractivity contribution < 1.29 is 0 Å². The standard InChI is InChI=1S/C19H22ClN7S.HI/c20-16-4-2-15(3-5-16)17(27-8-1-6-24-27)14-23-18(21)25-9-11-26(12-10-25)19-22-7-13-28-19;/h1-8,13,17H,9-12,14H2,(H2,21,23);1H. The second kappa shape index (κ2) is 10.3. The third-order valence-corrected chi connectivity index (χ3v) is 5.90. The Morgan fingerprint density at radius 1 is 1.17 bits per heavy atom. The van der Waals surface area contributed by atoms with Gasteiger partial charge in [-0.2, -0.15) is 5.10 Å². The maximum absolute atomic E-state index is 6.31. The van der Waals surface area contributed by atoms with Gasteiger partial charge < -0.3 is 15.5 Å². The maximum Gasteiger partial charge on any atom is 0.191 e. The van der Waals surface area contributed by atoms with Crippen LogP contribution in [0, 0.1) is 0 Å². The lowest BCUT2D eigenvalue weighted by Gasteiger charge is -2.35. The minimum absolute atomic E-state index is 0. The van der Waals surface area contributed by atoms with E-state index in [1.54, 1.807) is 17.5 Å². The number of nitrogens with zero attached hydrogens (tertiary/aromatic N) is 6. The fourth-order valence-corrected chi connectivity index (χ4v) is 4.09. The minimum Gasteiger partial charge on any atom is -0.370 e. The molecule has 1 aliphatic heterocycles. The van der Waals surface area contributed by atoms with Crippen LogP contribution in [0.15, 0.2) is 59.3 Å². The average molecular weight is 544 g/mol. The van der Waals surface area contributed by atoms with Crippen molar-refractivity contribution in [3.63, 3.8) is 0 Å². The molecule has 154 valence electrons. The molecule has 10 heteroatoms. The second-order valence-electron chi connectivity index (χ2n) is 6.54. The van der Waals surface area contributed by atoms with E-state index < -0.39 is 0 Å². The fraction of sp³-hybridized carbons (Fsp3) is 0.316. The second-order valence-corrected chi connectivity index (χ2v) is 7.85. The van der Waals surface area contributed by atoms with Crippen LogP contribution >= 0.6 is 46.9 Å². The van der Waals surface area contributed by atoms with Gasteiger partial charge in [0.25, 0.3) is 0 Å². The number of aliphatic imine (C=N–C) groups is 1. The van der Waals surface area contributed by atoms with Gasteiger partial charge in [0.05, 0.1) is 12.6 Å². The van der Waals surface area contributed by atoms with Gasteiger partial charge in [0.2, 0.25) is 0 Å². The highest BCUT2D eigenvalue weighted by Gasteiger charge is 2.20. The molecule has 0 saturated carbocycles. The SMILES string of the molecule is I.NC(=NCC(c1ccc(Cl)cc1)n1cccn1)N1CCN(c2nccs2)CC1. The molecule has 1 atom stereocenters. The van der Waals surface area contributed by atoms with Gasteiger partial charge in [-0.15, -0.1) is 35.3 Å². The van der Waals surface area contributed by atoms with Crippen LogP contribution in [0.5, 0.6) is 0 Å². The van der Waals surface area contributed by atoms with Crippen molar-refractivity contribution in [2.24, 2.45) is 10.7 Å². The van der Waals surface area contributed by atoms with Crippen molar-refractivity contribution in [3.05, 3.63) is 64.9 Å². The van der Waals surface area contributed by atoms with Crippen LogP contribution in [0.4, 0.5) is 5.13 Å². The Labute approximate surface area is 196 Å². The molecule has 1 aliphatic rings. The number of benzene rings is 1. The van der Waals surface area contributed by atoms with E-state index in [0.717, 1.165) is 36.9 Å². The molecule has 2 N–H and O–H groups in total. The summed E-state index contributed by atoms with van der Waals surface area (Å²) in [6.07, 6.45) is 5.56.